The number of nitrogens with zero attached hydrogens (tertiary/aromatic N) is 3. The summed E-state index contributed by atoms with van der Waals surface area (Å²) < 4.78 is 4.98. The summed E-state index contributed by atoms with van der Waals surface area (Å²) in [6.45, 7) is 1.99. The molecule has 0 aliphatic rings. The first-order chi connectivity index (χ1) is 8.15. The van der Waals surface area contributed by atoms with Crippen LogP contribution in [0.25, 0.3) is 17.0 Å². The van der Waals surface area contributed by atoms with E-state index in [9.17, 15) is 0 Å². The summed E-state index contributed by atoms with van der Waals surface area (Å²) >= 11 is 3.44. The molecule has 0 aliphatic carbocycles. The molecule has 0 aliphatic heterocycles. The molecule has 0 amide bonds. The monoisotopic (exact) mass is 291 g/mol. The molecule has 0 saturated carbocycles. The zero-order valence-electron chi connectivity index (χ0n) is 9.61. The molecule has 2 heterocycles. The van der Waals surface area contributed by atoms with Crippen LogP contribution < -0.4 is 4.40 Å². The minimum atomic E-state index is 0.974. The fourth-order valence-electron chi connectivity index (χ4n) is 1.98. The van der Waals surface area contributed by atoms with Crippen molar-refractivity contribution in [2.75, 3.05) is 0 Å². The largest absolute Gasteiger partial charge is 0.353 e. The van der Waals surface area contributed by atoms with Crippen LogP contribution in [0.1, 0.15) is 5.82 Å². The van der Waals surface area contributed by atoms with Gasteiger partial charge in [0.1, 0.15) is 5.69 Å². The Morgan fingerprint density at radius 1 is 1.29 bits per heavy atom. The molecule has 1 aromatic carbocycles. The number of benzene rings is 1. The van der Waals surface area contributed by atoms with Gasteiger partial charge in [-0.2, -0.15) is 4.40 Å². The van der Waals surface area contributed by atoms with Gasteiger partial charge in [0.05, 0.1) is 13.2 Å². The summed E-state index contributed by atoms with van der Waals surface area (Å²) in [5.41, 5.74) is 2.25. The molecule has 1 N–H and O–H groups in total. The zero-order valence-corrected chi connectivity index (χ0v) is 11.2. The summed E-state index contributed by atoms with van der Waals surface area (Å²) in [4.78, 5) is 3.37. The lowest BCUT2D eigenvalue weighted by molar-refractivity contribution is -0.518. The molecule has 17 heavy (non-hydrogen) atoms. The van der Waals surface area contributed by atoms with Crippen molar-refractivity contribution in [2.24, 2.45) is 7.05 Å². The molecule has 3 aromatic rings. The van der Waals surface area contributed by atoms with Crippen LogP contribution >= 0.6 is 15.9 Å². The van der Waals surface area contributed by atoms with Crippen LogP contribution in [0.15, 0.2) is 34.9 Å². The normalized spacial score (nSPS) is 11.2. The SMILES string of the molecule is Cc1nn(C)c2[nH]c(-c3ccc(Br)cc3)c[n+]12. The Morgan fingerprint density at radius 2 is 2.00 bits per heavy atom. The number of halogens is 1. The zero-order chi connectivity index (χ0) is 12.0. The highest BCUT2D eigenvalue weighted by molar-refractivity contribution is 9.10. The molecule has 4 nitrogen and oxygen atoms in total. The number of rotatable bonds is 1. The Labute approximate surface area is 107 Å². The molecule has 0 spiro atoms. The number of fused-ring (bicyclic) bond motifs is 1. The topological polar surface area (TPSA) is 37.7 Å². The van der Waals surface area contributed by atoms with Gasteiger partial charge in [-0.15, -0.1) is 4.68 Å². The standard InChI is InChI=1S/C12H11BrN4/c1-8-15-16(2)12-14-11(7-17(8)12)9-3-5-10(13)6-4-9/h3-7H,1-2H3/p+1. The van der Waals surface area contributed by atoms with E-state index in [0.29, 0.717) is 0 Å². The first-order valence-corrected chi connectivity index (χ1v) is 6.14. The number of H-pyrrole nitrogens is 1. The van der Waals surface area contributed by atoms with Gasteiger partial charge in [0, 0.05) is 17.0 Å². The fraction of sp³-hybridized carbons (Fsp3) is 0.167. The molecule has 86 valence electrons. The van der Waals surface area contributed by atoms with Crippen molar-refractivity contribution < 1.29 is 4.40 Å². The van der Waals surface area contributed by atoms with Crippen molar-refractivity contribution >= 4 is 21.7 Å². The van der Waals surface area contributed by atoms with Crippen LogP contribution in [-0.4, -0.2) is 14.8 Å². The minimum Gasteiger partial charge on any atom is -0.259 e. The highest BCUT2D eigenvalue weighted by atomic mass is 79.9. The molecule has 5 heteroatoms. The van der Waals surface area contributed by atoms with Gasteiger partial charge < -0.3 is 0 Å². The number of aromatic nitrogens is 4. The van der Waals surface area contributed by atoms with Crippen LogP contribution in [0.3, 0.4) is 0 Å². The fourth-order valence-corrected chi connectivity index (χ4v) is 2.24. The minimum absolute atomic E-state index is 0.974. The molecule has 0 radical (unpaired) electrons. The van der Waals surface area contributed by atoms with Gasteiger partial charge in [-0.25, -0.2) is 0 Å². The molecule has 0 saturated heterocycles. The van der Waals surface area contributed by atoms with E-state index >= 15 is 0 Å². The van der Waals surface area contributed by atoms with E-state index in [1.54, 1.807) is 0 Å². The highest BCUT2D eigenvalue weighted by Gasteiger charge is 2.16. The van der Waals surface area contributed by atoms with Crippen LogP contribution in [-0.2, 0) is 7.05 Å². The van der Waals surface area contributed by atoms with Crippen molar-refractivity contribution in [1.82, 2.24) is 14.8 Å². The lowest BCUT2D eigenvalue weighted by Crippen LogP contribution is -2.19. The lowest BCUT2D eigenvalue weighted by Gasteiger charge is -1.94. The van der Waals surface area contributed by atoms with Crippen LogP contribution in [0.5, 0.6) is 0 Å². The van der Waals surface area contributed by atoms with Gasteiger partial charge in [-0.1, -0.05) is 28.1 Å². The Hall–Kier alpha value is -1.62. The van der Waals surface area contributed by atoms with E-state index in [1.807, 2.05) is 30.8 Å². The van der Waals surface area contributed by atoms with E-state index in [1.165, 1.54) is 0 Å². The average molecular weight is 292 g/mol. The Balaban J connectivity index is 2.18. The summed E-state index contributed by atoms with van der Waals surface area (Å²) in [5.74, 6) is 1.96. The second-order valence-corrected chi connectivity index (χ2v) is 4.95. The highest BCUT2D eigenvalue weighted by Crippen LogP contribution is 2.19. The molecular weight excluding hydrogens is 280 g/mol. The Morgan fingerprint density at radius 3 is 2.65 bits per heavy atom. The van der Waals surface area contributed by atoms with Crippen molar-refractivity contribution in [3.63, 3.8) is 0 Å². The summed E-state index contributed by atoms with van der Waals surface area (Å²) in [6, 6.07) is 8.24. The molecule has 0 unspecified atom stereocenters. The van der Waals surface area contributed by atoms with E-state index < -0.39 is 0 Å². The van der Waals surface area contributed by atoms with Gasteiger partial charge in [0.2, 0.25) is 5.82 Å². The smallest absolute Gasteiger partial charge is 0.259 e. The Bertz CT molecular complexity index is 644. The van der Waals surface area contributed by atoms with Gasteiger partial charge in [0.25, 0.3) is 0 Å². The number of hydrogen-bond donors (Lipinski definition) is 1. The lowest BCUT2D eigenvalue weighted by atomic mass is 10.2. The number of aromatic amines is 1. The molecule has 0 fully saturated rings. The predicted molar refractivity (Wildman–Crippen MR) is 68.6 cm³/mol. The molecule has 2 aromatic heterocycles. The van der Waals surface area contributed by atoms with Gasteiger partial charge in [-0.05, 0) is 17.2 Å². The maximum absolute atomic E-state index is 4.34. The van der Waals surface area contributed by atoms with Crippen molar-refractivity contribution in [3.05, 3.63) is 40.8 Å². The van der Waals surface area contributed by atoms with E-state index in [0.717, 1.165) is 27.3 Å². The number of aryl methyl sites for hydroxylation is 2. The van der Waals surface area contributed by atoms with E-state index in [4.69, 9.17) is 0 Å². The number of nitrogens with one attached hydrogen (secondary N) is 1. The van der Waals surface area contributed by atoms with Gasteiger partial charge in [0.15, 0.2) is 0 Å². The van der Waals surface area contributed by atoms with Crippen molar-refractivity contribution in [3.8, 4) is 11.3 Å². The molecule has 0 atom stereocenters. The number of hydrogen-bond acceptors (Lipinski definition) is 1. The quantitative estimate of drug-likeness (QED) is 0.686. The van der Waals surface area contributed by atoms with Crippen molar-refractivity contribution in [1.29, 1.82) is 0 Å². The van der Waals surface area contributed by atoms with Crippen LogP contribution in [0.4, 0.5) is 0 Å². The van der Waals surface area contributed by atoms with Crippen molar-refractivity contribution in [2.45, 2.75) is 6.92 Å². The third-order valence-electron chi connectivity index (χ3n) is 2.84. The second kappa shape index (κ2) is 3.70. The number of imidazole rings is 1. The first kappa shape index (κ1) is 10.5. The maximum Gasteiger partial charge on any atom is 0.353 e. The van der Waals surface area contributed by atoms with Gasteiger partial charge in [-0.3, -0.25) is 4.98 Å². The third-order valence-corrected chi connectivity index (χ3v) is 3.37. The van der Waals surface area contributed by atoms with E-state index in [-0.39, 0.29) is 0 Å². The molecule has 3 rings (SSSR count). The third kappa shape index (κ3) is 1.67. The summed E-state index contributed by atoms with van der Waals surface area (Å²) in [6.07, 6.45) is 2.07. The summed E-state index contributed by atoms with van der Waals surface area (Å²) in [7, 11) is 1.93. The molecular formula is C12H12BrN4+. The van der Waals surface area contributed by atoms with Crippen LogP contribution in [0.2, 0.25) is 0 Å². The molecule has 0 bridgehead atoms. The van der Waals surface area contributed by atoms with E-state index in [2.05, 4.69) is 48.7 Å². The first-order valence-electron chi connectivity index (χ1n) is 5.35. The van der Waals surface area contributed by atoms with Gasteiger partial charge >= 0.3 is 5.78 Å². The summed E-state index contributed by atoms with van der Waals surface area (Å²) in [5, 5.41) is 4.34. The Kier molecular flexibility index (Phi) is 2.29. The van der Waals surface area contributed by atoms with Crippen LogP contribution in [0, 0.1) is 6.92 Å². The average Bonchev–Trinajstić information content (AvgIpc) is 2.83. The maximum atomic E-state index is 4.34. The predicted octanol–water partition coefficient (Wildman–Crippen LogP) is 2.22. The second-order valence-electron chi connectivity index (χ2n) is 4.04.